The monoisotopic (exact) mass is 277 g/mol. The first-order valence-electron chi connectivity index (χ1n) is 5.58. The summed E-state index contributed by atoms with van der Waals surface area (Å²) < 4.78 is 18.8. The first kappa shape index (κ1) is 12.1. The Morgan fingerprint density at radius 1 is 1.32 bits per heavy atom. The van der Waals surface area contributed by atoms with Crippen LogP contribution in [0, 0.1) is 5.82 Å². The number of rotatable bonds is 2. The molecule has 0 spiro atoms. The third-order valence-corrected chi connectivity index (χ3v) is 2.99. The van der Waals surface area contributed by atoms with Gasteiger partial charge in [0, 0.05) is 24.4 Å². The predicted octanol–water partition coefficient (Wildman–Crippen LogP) is 3.14. The van der Waals surface area contributed by atoms with Gasteiger partial charge in [-0.05, 0) is 18.2 Å². The Morgan fingerprint density at radius 3 is 2.95 bits per heavy atom. The molecule has 1 aromatic carbocycles. The highest BCUT2D eigenvalue weighted by Gasteiger charge is 2.11. The van der Waals surface area contributed by atoms with Crippen LogP contribution in [0.25, 0.3) is 22.6 Å². The van der Waals surface area contributed by atoms with E-state index in [1.165, 1.54) is 12.1 Å². The fraction of sp³-hybridized carbons (Fsp3) is 0.0769. The molecule has 3 rings (SSSR count). The second-order valence-electron chi connectivity index (χ2n) is 3.99. The zero-order valence-corrected chi connectivity index (χ0v) is 10.5. The van der Waals surface area contributed by atoms with Crippen molar-refractivity contribution in [3.8, 4) is 11.5 Å². The molecule has 6 heteroatoms. The molecule has 2 heterocycles. The number of nitrogens with zero attached hydrogens (tertiary/aromatic N) is 2. The minimum atomic E-state index is -0.533. The van der Waals surface area contributed by atoms with E-state index in [2.05, 4.69) is 9.97 Å². The Kier molecular flexibility index (Phi) is 2.93. The summed E-state index contributed by atoms with van der Waals surface area (Å²) >= 11 is 5.71. The Bertz CT molecular complexity index is 718. The summed E-state index contributed by atoms with van der Waals surface area (Å²) in [5.41, 5.74) is 7.85. The Hall–Kier alpha value is -1.98. The number of benzene rings is 1. The number of pyridine rings is 1. The van der Waals surface area contributed by atoms with Crippen LogP contribution in [-0.2, 0) is 6.54 Å². The van der Waals surface area contributed by atoms with Crippen LogP contribution in [0.2, 0.25) is 5.02 Å². The maximum absolute atomic E-state index is 13.3. The Labute approximate surface area is 113 Å². The van der Waals surface area contributed by atoms with Gasteiger partial charge in [-0.15, -0.1) is 0 Å². The van der Waals surface area contributed by atoms with Crippen LogP contribution < -0.4 is 5.73 Å². The largest absolute Gasteiger partial charge is 0.436 e. The van der Waals surface area contributed by atoms with Crippen molar-refractivity contribution >= 4 is 22.7 Å². The van der Waals surface area contributed by atoms with Crippen molar-refractivity contribution in [2.75, 3.05) is 0 Å². The van der Waals surface area contributed by atoms with E-state index in [1.54, 1.807) is 18.3 Å². The van der Waals surface area contributed by atoms with Gasteiger partial charge >= 0.3 is 0 Å². The van der Waals surface area contributed by atoms with Crippen LogP contribution >= 0.6 is 11.6 Å². The number of hydrogen-bond acceptors (Lipinski definition) is 4. The molecule has 0 amide bonds. The lowest BCUT2D eigenvalue weighted by atomic mass is 10.2. The van der Waals surface area contributed by atoms with Gasteiger partial charge in [-0.25, -0.2) is 9.37 Å². The van der Waals surface area contributed by atoms with Crippen LogP contribution in [0.4, 0.5) is 4.39 Å². The molecular weight excluding hydrogens is 269 g/mol. The molecule has 0 aliphatic heterocycles. The number of aromatic nitrogens is 2. The van der Waals surface area contributed by atoms with Crippen LogP contribution in [-0.4, -0.2) is 9.97 Å². The first-order valence-corrected chi connectivity index (χ1v) is 5.96. The van der Waals surface area contributed by atoms with E-state index in [-0.39, 0.29) is 5.02 Å². The molecule has 0 unspecified atom stereocenters. The summed E-state index contributed by atoms with van der Waals surface area (Å²) in [7, 11) is 0. The topological polar surface area (TPSA) is 64.9 Å². The predicted molar refractivity (Wildman–Crippen MR) is 70.1 cm³/mol. The molecule has 3 aromatic rings. The van der Waals surface area contributed by atoms with Crippen molar-refractivity contribution in [2.45, 2.75) is 6.54 Å². The molecule has 0 atom stereocenters. The summed E-state index contributed by atoms with van der Waals surface area (Å²) in [5, 5.41) is 0.0183. The molecule has 4 nitrogen and oxygen atoms in total. The van der Waals surface area contributed by atoms with Gasteiger partial charge in [0.25, 0.3) is 0 Å². The summed E-state index contributed by atoms with van der Waals surface area (Å²) in [5.74, 6) is -0.150. The minimum Gasteiger partial charge on any atom is -0.436 e. The summed E-state index contributed by atoms with van der Waals surface area (Å²) in [6, 6.07) is 6.19. The van der Waals surface area contributed by atoms with E-state index >= 15 is 0 Å². The average molecular weight is 278 g/mol. The quantitative estimate of drug-likeness (QED) is 0.781. The van der Waals surface area contributed by atoms with Gasteiger partial charge in [0.15, 0.2) is 5.58 Å². The molecule has 2 aromatic heterocycles. The molecule has 0 saturated heterocycles. The van der Waals surface area contributed by atoms with Gasteiger partial charge in [-0.3, -0.25) is 4.98 Å². The van der Waals surface area contributed by atoms with E-state index in [9.17, 15) is 4.39 Å². The third-order valence-electron chi connectivity index (χ3n) is 2.70. The molecule has 0 radical (unpaired) electrons. The molecule has 0 saturated carbocycles. The van der Waals surface area contributed by atoms with Gasteiger partial charge < -0.3 is 10.2 Å². The standard InChI is InChI=1S/C13H9ClFN3O/c14-9-4-11-12(5-10(9)15)19-13(18-11)7-1-2-17-8(3-7)6-16/h1-5H,6,16H2. The van der Waals surface area contributed by atoms with Gasteiger partial charge in [0.2, 0.25) is 5.89 Å². The fourth-order valence-electron chi connectivity index (χ4n) is 1.77. The van der Waals surface area contributed by atoms with E-state index in [0.29, 0.717) is 23.5 Å². The van der Waals surface area contributed by atoms with Crippen molar-refractivity contribution in [3.05, 3.63) is 47.0 Å². The van der Waals surface area contributed by atoms with E-state index in [4.69, 9.17) is 21.8 Å². The second kappa shape index (κ2) is 4.60. The van der Waals surface area contributed by atoms with Crippen LogP contribution in [0.3, 0.4) is 0 Å². The summed E-state index contributed by atoms with van der Waals surface area (Å²) in [4.78, 5) is 8.36. The molecule has 0 bridgehead atoms. The number of fused-ring (bicyclic) bond motifs is 1. The lowest BCUT2D eigenvalue weighted by molar-refractivity contribution is 0.602. The Morgan fingerprint density at radius 2 is 2.16 bits per heavy atom. The molecule has 0 aliphatic rings. The molecular formula is C13H9ClFN3O. The van der Waals surface area contributed by atoms with Crippen molar-refractivity contribution in [1.82, 2.24) is 9.97 Å². The van der Waals surface area contributed by atoms with Crippen LogP contribution in [0.15, 0.2) is 34.9 Å². The molecule has 0 aliphatic carbocycles. The van der Waals surface area contributed by atoms with Gasteiger partial charge in [0.1, 0.15) is 11.3 Å². The van der Waals surface area contributed by atoms with E-state index in [1.807, 2.05) is 0 Å². The van der Waals surface area contributed by atoms with E-state index < -0.39 is 5.82 Å². The third kappa shape index (κ3) is 2.18. The first-order chi connectivity index (χ1) is 9.17. The van der Waals surface area contributed by atoms with Gasteiger partial charge in [0.05, 0.1) is 10.7 Å². The summed E-state index contributed by atoms with van der Waals surface area (Å²) in [6.45, 7) is 0.328. The SMILES string of the molecule is NCc1cc(-c2nc3cc(Cl)c(F)cc3o2)ccn1. The number of oxazole rings is 1. The van der Waals surface area contributed by atoms with Gasteiger partial charge in [-0.1, -0.05) is 11.6 Å². The lowest BCUT2D eigenvalue weighted by Gasteiger charge is -1.97. The van der Waals surface area contributed by atoms with E-state index in [0.717, 1.165) is 11.3 Å². The van der Waals surface area contributed by atoms with Crippen molar-refractivity contribution in [1.29, 1.82) is 0 Å². The second-order valence-corrected chi connectivity index (χ2v) is 4.40. The summed E-state index contributed by atoms with van der Waals surface area (Å²) in [6.07, 6.45) is 1.62. The molecule has 19 heavy (non-hydrogen) atoms. The molecule has 0 fully saturated rings. The highest BCUT2D eigenvalue weighted by atomic mass is 35.5. The number of nitrogens with two attached hydrogens (primary N) is 1. The van der Waals surface area contributed by atoms with Crippen LogP contribution in [0.1, 0.15) is 5.69 Å². The fourth-order valence-corrected chi connectivity index (χ4v) is 1.93. The van der Waals surface area contributed by atoms with Gasteiger partial charge in [-0.2, -0.15) is 0 Å². The van der Waals surface area contributed by atoms with Crippen LogP contribution in [0.5, 0.6) is 0 Å². The minimum absolute atomic E-state index is 0.0183. The zero-order chi connectivity index (χ0) is 13.4. The molecule has 2 N–H and O–H groups in total. The highest BCUT2D eigenvalue weighted by Crippen LogP contribution is 2.27. The van der Waals surface area contributed by atoms with Crippen molar-refractivity contribution < 1.29 is 8.81 Å². The number of halogens is 2. The number of hydrogen-bond donors (Lipinski definition) is 1. The van der Waals surface area contributed by atoms with Crippen molar-refractivity contribution in [2.24, 2.45) is 5.73 Å². The smallest absolute Gasteiger partial charge is 0.227 e. The maximum atomic E-state index is 13.3. The Balaban J connectivity index is 2.14. The molecule has 96 valence electrons. The highest BCUT2D eigenvalue weighted by molar-refractivity contribution is 6.31. The lowest BCUT2D eigenvalue weighted by Crippen LogP contribution is -1.98. The zero-order valence-electron chi connectivity index (χ0n) is 9.73. The van der Waals surface area contributed by atoms with Crippen molar-refractivity contribution in [3.63, 3.8) is 0 Å². The maximum Gasteiger partial charge on any atom is 0.227 e. The average Bonchev–Trinajstić information content (AvgIpc) is 2.82. The normalized spacial score (nSPS) is 11.1.